The summed E-state index contributed by atoms with van der Waals surface area (Å²) >= 11 is 1.44. The number of thiophene rings is 1. The standard InChI is InChI=1S/C12H18N2O2S/c1-14(9-3-5-13-6-4-9)12(15)11-7-10(16-2)8-17-11/h7-9,13H,3-6H2,1-2H3. The molecule has 1 aliphatic heterocycles. The van der Waals surface area contributed by atoms with Crippen LogP contribution in [0.25, 0.3) is 0 Å². The molecule has 2 heterocycles. The molecule has 94 valence electrons. The summed E-state index contributed by atoms with van der Waals surface area (Å²) in [5, 5.41) is 5.17. The smallest absolute Gasteiger partial charge is 0.264 e. The molecule has 17 heavy (non-hydrogen) atoms. The Morgan fingerprint density at radius 3 is 2.82 bits per heavy atom. The van der Waals surface area contributed by atoms with Gasteiger partial charge >= 0.3 is 0 Å². The number of nitrogens with zero attached hydrogens (tertiary/aromatic N) is 1. The van der Waals surface area contributed by atoms with Crippen LogP contribution in [-0.4, -0.2) is 44.1 Å². The van der Waals surface area contributed by atoms with Gasteiger partial charge in [-0.3, -0.25) is 4.79 Å². The van der Waals surface area contributed by atoms with Crippen LogP contribution in [0.5, 0.6) is 5.75 Å². The average Bonchev–Trinajstić information content (AvgIpc) is 2.87. The monoisotopic (exact) mass is 254 g/mol. The van der Waals surface area contributed by atoms with E-state index in [9.17, 15) is 4.79 Å². The molecule has 4 nitrogen and oxygen atoms in total. The number of ether oxygens (including phenoxy) is 1. The van der Waals surface area contributed by atoms with E-state index in [1.807, 2.05) is 23.4 Å². The Hall–Kier alpha value is -1.07. The van der Waals surface area contributed by atoms with Crippen molar-refractivity contribution >= 4 is 17.2 Å². The Morgan fingerprint density at radius 2 is 2.24 bits per heavy atom. The topological polar surface area (TPSA) is 41.6 Å². The quantitative estimate of drug-likeness (QED) is 0.890. The van der Waals surface area contributed by atoms with Gasteiger partial charge in [-0.05, 0) is 25.9 Å². The highest BCUT2D eigenvalue weighted by Crippen LogP contribution is 2.23. The van der Waals surface area contributed by atoms with Gasteiger partial charge in [0.2, 0.25) is 0 Å². The Morgan fingerprint density at radius 1 is 1.53 bits per heavy atom. The van der Waals surface area contributed by atoms with Crippen LogP contribution in [-0.2, 0) is 0 Å². The average molecular weight is 254 g/mol. The SMILES string of the molecule is COc1csc(C(=O)N(C)C2CCNCC2)c1. The van der Waals surface area contributed by atoms with Gasteiger partial charge in [0.05, 0.1) is 12.0 Å². The summed E-state index contributed by atoms with van der Waals surface area (Å²) < 4.78 is 5.10. The lowest BCUT2D eigenvalue weighted by atomic mass is 10.1. The molecule has 0 aliphatic carbocycles. The van der Waals surface area contributed by atoms with Crippen LogP contribution in [0.3, 0.4) is 0 Å². The minimum Gasteiger partial charge on any atom is -0.496 e. The fourth-order valence-electron chi connectivity index (χ4n) is 2.07. The normalized spacial score (nSPS) is 16.8. The predicted octanol–water partition coefficient (Wildman–Crippen LogP) is 1.58. The first-order valence-corrected chi connectivity index (χ1v) is 6.70. The van der Waals surface area contributed by atoms with Crippen LogP contribution in [0.1, 0.15) is 22.5 Å². The van der Waals surface area contributed by atoms with Crippen LogP contribution in [0, 0.1) is 0 Å². The van der Waals surface area contributed by atoms with E-state index in [4.69, 9.17) is 4.74 Å². The second-order valence-electron chi connectivity index (χ2n) is 4.25. The van der Waals surface area contributed by atoms with Gasteiger partial charge in [0.25, 0.3) is 5.91 Å². The fraction of sp³-hybridized carbons (Fsp3) is 0.583. The molecular weight excluding hydrogens is 236 g/mol. The highest BCUT2D eigenvalue weighted by molar-refractivity contribution is 7.12. The minimum absolute atomic E-state index is 0.102. The van der Waals surface area contributed by atoms with Crippen molar-refractivity contribution < 1.29 is 9.53 Å². The molecule has 5 heteroatoms. The number of hydrogen-bond donors (Lipinski definition) is 1. The van der Waals surface area contributed by atoms with Crippen molar-refractivity contribution in [1.29, 1.82) is 0 Å². The van der Waals surface area contributed by atoms with Crippen LogP contribution in [0.15, 0.2) is 11.4 Å². The number of methoxy groups -OCH3 is 1. The zero-order valence-electron chi connectivity index (χ0n) is 10.2. The lowest BCUT2D eigenvalue weighted by Crippen LogP contribution is -2.43. The van der Waals surface area contributed by atoms with Crippen molar-refractivity contribution in [3.63, 3.8) is 0 Å². The summed E-state index contributed by atoms with van der Waals surface area (Å²) in [5.41, 5.74) is 0. The molecule has 1 aromatic rings. The van der Waals surface area contributed by atoms with Crippen LogP contribution >= 0.6 is 11.3 Å². The summed E-state index contributed by atoms with van der Waals surface area (Å²) in [5.74, 6) is 0.863. The predicted molar refractivity (Wildman–Crippen MR) is 68.9 cm³/mol. The highest BCUT2D eigenvalue weighted by atomic mass is 32.1. The highest BCUT2D eigenvalue weighted by Gasteiger charge is 2.23. The first-order valence-electron chi connectivity index (χ1n) is 5.82. The second-order valence-corrected chi connectivity index (χ2v) is 5.16. The number of amides is 1. The maximum atomic E-state index is 12.2. The molecule has 0 atom stereocenters. The molecule has 1 aliphatic rings. The molecule has 0 saturated carbocycles. The molecule has 1 fully saturated rings. The molecule has 1 N–H and O–H groups in total. The number of hydrogen-bond acceptors (Lipinski definition) is 4. The minimum atomic E-state index is 0.102. The van der Waals surface area contributed by atoms with Gasteiger partial charge in [0, 0.05) is 24.5 Å². The summed E-state index contributed by atoms with van der Waals surface area (Å²) in [6, 6.07) is 2.17. The third kappa shape index (κ3) is 2.79. The van der Waals surface area contributed by atoms with E-state index in [0.717, 1.165) is 36.6 Å². The van der Waals surface area contributed by atoms with Crippen LogP contribution < -0.4 is 10.1 Å². The van der Waals surface area contributed by atoms with Gasteiger partial charge in [-0.25, -0.2) is 0 Å². The van der Waals surface area contributed by atoms with Gasteiger partial charge < -0.3 is 15.0 Å². The van der Waals surface area contributed by atoms with Crippen molar-refractivity contribution in [2.24, 2.45) is 0 Å². The second kappa shape index (κ2) is 5.51. The Kier molecular flexibility index (Phi) is 4.02. The van der Waals surface area contributed by atoms with Gasteiger partial charge in [0.1, 0.15) is 5.75 Å². The van der Waals surface area contributed by atoms with Crippen LogP contribution in [0.4, 0.5) is 0 Å². The van der Waals surface area contributed by atoms with E-state index >= 15 is 0 Å². The number of carbonyl (C=O) groups excluding carboxylic acids is 1. The van der Waals surface area contributed by atoms with E-state index in [-0.39, 0.29) is 5.91 Å². The zero-order valence-corrected chi connectivity index (χ0v) is 11.0. The summed E-state index contributed by atoms with van der Waals surface area (Å²) in [6.45, 7) is 1.99. The fourth-order valence-corrected chi connectivity index (χ4v) is 2.91. The number of rotatable bonds is 3. The molecule has 0 aromatic carbocycles. The summed E-state index contributed by atoms with van der Waals surface area (Å²) in [7, 11) is 3.51. The largest absolute Gasteiger partial charge is 0.496 e. The molecule has 1 aromatic heterocycles. The van der Waals surface area contributed by atoms with Crippen molar-refractivity contribution in [2.75, 3.05) is 27.2 Å². The molecule has 1 amide bonds. The van der Waals surface area contributed by atoms with Crippen LogP contribution in [0.2, 0.25) is 0 Å². The van der Waals surface area contributed by atoms with Crippen molar-refractivity contribution in [3.8, 4) is 5.75 Å². The van der Waals surface area contributed by atoms with E-state index in [1.54, 1.807) is 7.11 Å². The van der Waals surface area contributed by atoms with Gasteiger partial charge in [-0.15, -0.1) is 11.3 Å². The lowest BCUT2D eigenvalue weighted by Gasteiger charge is -2.31. The van der Waals surface area contributed by atoms with Gasteiger partial charge in [0.15, 0.2) is 0 Å². The Labute approximate surface area is 106 Å². The van der Waals surface area contributed by atoms with E-state index in [1.165, 1.54) is 11.3 Å². The summed E-state index contributed by atoms with van der Waals surface area (Å²) in [6.07, 6.45) is 2.06. The van der Waals surface area contributed by atoms with E-state index in [2.05, 4.69) is 5.32 Å². The summed E-state index contributed by atoms with van der Waals surface area (Å²) in [4.78, 5) is 14.9. The lowest BCUT2D eigenvalue weighted by molar-refractivity contribution is 0.0708. The third-order valence-corrected chi connectivity index (χ3v) is 4.10. The number of piperidine rings is 1. The van der Waals surface area contributed by atoms with Gasteiger partial charge in [-0.2, -0.15) is 0 Å². The number of nitrogens with one attached hydrogen (secondary N) is 1. The van der Waals surface area contributed by atoms with E-state index in [0.29, 0.717) is 6.04 Å². The van der Waals surface area contributed by atoms with Crippen molar-refractivity contribution in [3.05, 3.63) is 16.3 Å². The molecule has 0 bridgehead atoms. The maximum Gasteiger partial charge on any atom is 0.264 e. The first kappa shape index (κ1) is 12.4. The molecule has 1 saturated heterocycles. The van der Waals surface area contributed by atoms with Crippen molar-refractivity contribution in [2.45, 2.75) is 18.9 Å². The maximum absolute atomic E-state index is 12.2. The van der Waals surface area contributed by atoms with E-state index < -0.39 is 0 Å². The molecule has 0 spiro atoms. The first-order chi connectivity index (χ1) is 8.22. The third-order valence-electron chi connectivity index (χ3n) is 3.20. The zero-order chi connectivity index (χ0) is 12.3. The Bertz CT molecular complexity index is 386. The van der Waals surface area contributed by atoms with Gasteiger partial charge in [-0.1, -0.05) is 0 Å². The van der Waals surface area contributed by atoms with Crippen molar-refractivity contribution in [1.82, 2.24) is 10.2 Å². The Balaban J connectivity index is 2.02. The molecular formula is C12H18N2O2S. The molecule has 0 radical (unpaired) electrons. The number of carbonyl (C=O) groups is 1. The molecule has 2 rings (SSSR count). The molecule has 0 unspecified atom stereocenters.